The van der Waals surface area contributed by atoms with Gasteiger partial charge in [-0.25, -0.2) is 8.78 Å². The summed E-state index contributed by atoms with van der Waals surface area (Å²) in [5.41, 5.74) is 5.37. The van der Waals surface area contributed by atoms with Crippen LogP contribution in [0.1, 0.15) is 51.9 Å². The molecule has 1 fully saturated rings. The Morgan fingerprint density at radius 2 is 2.09 bits per heavy atom. The molecule has 0 saturated heterocycles. The van der Waals surface area contributed by atoms with Gasteiger partial charge in [0, 0.05) is 19.3 Å². The molecule has 0 amide bonds. The summed E-state index contributed by atoms with van der Waals surface area (Å²) in [4.78, 5) is 0. The lowest BCUT2D eigenvalue weighted by Gasteiger charge is -2.28. The number of rotatable bonds is 9. The number of ether oxygens (including phenoxy) is 1. The van der Waals surface area contributed by atoms with E-state index in [0.717, 1.165) is 12.2 Å². The first kappa shape index (κ1) is 19.1. The monoisotopic (exact) mass is 317 g/mol. The van der Waals surface area contributed by atoms with Gasteiger partial charge in [0.25, 0.3) is 0 Å². The van der Waals surface area contributed by atoms with Gasteiger partial charge in [0.05, 0.1) is 18.5 Å². The number of alkyl halides is 2. The van der Waals surface area contributed by atoms with Gasteiger partial charge < -0.3 is 15.6 Å². The minimum Gasteiger partial charge on any atom is -0.498 e. The number of allylic oxidation sites excluding steroid dienone is 3. The van der Waals surface area contributed by atoms with Crippen molar-refractivity contribution in [3.8, 4) is 0 Å². The summed E-state index contributed by atoms with van der Waals surface area (Å²) in [5, 5.41) is 9.54. The predicted molar refractivity (Wildman–Crippen MR) is 84.7 cm³/mol. The van der Waals surface area contributed by atoms with E-state index >= 15 is 0 Å². The Hall–Kier alpha value is -0.940. The van der Waals surface area contributed by atoms with E-state index < -0.39 is 12.0 Å². The first-order valence-corrected chi connectivity index (χ1v) is 8.21. The second-order valence-corrected chi connectivity index (χ2v) is 5.99. The maximum absolute atomic E-state index is 13.1. The molecule has 0 aromatic rings. The maximum atomic E-state index is 13.1. The van der Waals surface area contributed by atoms with Crippen molar-refractivity contribution in [2.24, 2.45) is 11.7 Å². The van der Waals surface area contributed by atoms with Crippen molar-refractivity contribution in [3.05, 3.63) is 24.0 Å². The summed E-state index contributed by atoms with van der Waals surface area (Å²) in [6, 6.07) is 0. The van der Waals surface area contributed by atoms with E-state index in [4.69, 9.17) is 10.5 Å². The normalized spacial score (nSPS) is 21.2. The van der Waals surface area contributed by atoms with Crippen molar-refractivity contribution in [2.45, 2.75) is 63.9 Å². The van der Waals surface area contributed by atoms with Crippen LogP contribution in [0.4, 0.5) is 8.78 Å². The van der Waals surface area contributed by atoms with E-state index in [-0.39, 0.29) is 18.8 Å². The third-order valence-electron chi connectivity index (χ3n) is 4.02. The zero-order valence-electron chi connectivity index (χ0n) is 13.4. The van der Waals surface area contributed by atoms with Gasteiger partial charge in [0.15, 0.2) is 0 Å². The van der Waals surface area contributed by atoms with Gasteiger partial charge in [0.1, 0.15) is 0 Å². The lowest BCUT2D eigenvalue weighted by Crippen LogP contribution is -2.26. The molecule has 1 rings (SSSR count). The summed E-state index contributed by atoms with van der Waals surface area (Å²) >= 11 is 0. The zero-order chi connectivity index (χ0) is 16.4. The molecule has 1 saturated carbocycles. The summed E-state index contributed by atoms with van der Waals surface area (Å²) in [5.74, 6) is -1.40. The van der Waals surface area contributed by atoms with Crippen LogP contribution in [0, 0.1) is 5.92 Å². The standard InChI is InChI=1S/C17H29F2NO2/c1-2-16(6-4-3-5-15(21)9-12-20)22-13-14-7-10-17(18,19)11-8-14/h3-4,6,14-15,21H,2,5,7-13,20H2,1H3. The van der Waals surface area contributed by atoms with E-state index in [1.807, 2.05) is 25.2 Å². The van der Waals surface area contributed by atoms with Gasteiger partial charge >= 0.3 is 0 Å². The Kier molecular flexibility index (Phi) is 8.64. The van der Waals surface area contributed by atoms with Crippen LogP contribution in [0.15, 0.2) is 24.0 Å². The highest BCUT2D eigenvalue weighted by atomic mass is 19.3. The first-order chi connectivity index (χ1) is 10.5. The van der Waals surface area contributed by atoms with Gasteiger partial charge in [-0.15, -0.1) is 0 Å². The van der Waals surface area contributed by atoms with E-state index in [1.165, 1.54) is 0 Å². The minimum atomic E-state index is -2.48. The molecule has 5 heteroatoms. The Bertz CT molecular complexity index is 360. The van der Waals surface area contributed by atoms with Gasteiger partial charge in [-0.1, -0.05) is 19.1 Å². The molecule has 0 aromatic carbocycles. The van der Waals surface area contributed by atoms with Crippen molar-refractivity contribution in [3.63, 3.8) is 0 Å². The van der Waals surface area contributed by atoms with E-state index in [1.54, 1.807) is 0 Å². The Balaban J connectivity index is 2.29. The van der Waals surface area contributed by atoms with Crippen LogP contribution in [0.2, 0.25) is 0 Å². The van der Waals surface area contributed by atoms with Crippen molar-refractivity contribution in [2.75, 3.05) is 13.2 Å². The maximum Gasteiger partial charge on any atom is 0.248 e. The zero-order valence-corrected chi connectivity index (χ0v) is 13.4. The smallest absolute Gasteiger partial charge is 0.248 e. The van der Waals surface area contributed by atoms with Crippen molar-refractivity contribution in [1.29, 1.82) is 0 Å². The van der Waals surface area contributed by atoms with E-state index in [0.29, 0.717) is 38.8 Å². The fraction of sp³-hybridized carbons (Fsp3) is 0.765. The molecule has 1 unspecified atom stereocenters. The second kappa shape index (κ2) is 9.95. The number of aliphatic hydroxyl groups is 1. The first-order valence-electron chi connectivity index (χ1n) is 8.21. The Labute approximate surface area is 132 Å². The molecular weight excluding hydrogens is 288 g/mol. The molecule has 1 aliphatic carbocycles. The van der Waals surface area contributed by atoms with Crippen LogP contribution >= 0.6 is 0 Å². The fourth-order valence-electron chi connectivity index (χ4n) is 2.48. The predicted octanol–water partition coefficient (Wildman–Crippen LogP) is 3.78. The van der Waals surface area contributed by atoms with Crippen LogP contribution in [0.3, 0.4) is 0 Å². The number of hydrogen-bond acceptors (Lipinski definition) is 3. The van der Waals surface area contributed by atoms with Gasteiger partial charge in [-0.2, -0.15) is 0 Å². The molecular formula is C17H29F2NO2. The average Bonchev–Trinajstić information content (AvgIpc) is 2.48. The van der Waals surface area contributed by atoms with E-state index in [9.17, 15) is 13.9 Å². The number of aliphatic hydroxyl groups excluding tert-OH is 1. The molecule has 1 atom stereocenters. The SMILES string of the molecule is CCC(=CC=CCC(O)CCN)OCC1CCC(F)(F)CC1. The molecule has 128 valence electrons. The van der Waals surface area contributed by atoms with Crippen molar-refractivity contribution < 1.29 is 18.6 Å². The summed E-state index contributed by atoms with van der Waals surface area (Å²) in [7, 11) is 0. The molecule has 0 radical (unpaired) electrons. The Morgan fingerprint density at radius 1 is 1.41 bits per heavy atom. The molecule has 22 heavy (non-hydrogen) atoms. The lowest BCUT2D eigenvalue weighted by molar-refractivity contribution is -0.0527. The molecule has 3 N–H and O–H groups in total. The fourth-order valence-corrected chi connectivity index (χ4v) is 2.48. The van der Waals surface area contributed by atoms with Gasteiger partial charge in [-0.3, -0.25) is 0 Å². The average molecular weight is 317 g/mol. The van der Waals surface area contributed by atoms with Crippen LogP contribution in [-0.2, 0) is 4.74 Å². The molecule has 0 bridgehead atoms. The largest absolute Gasteiger partial charge is 0.498 e. The number of nitrogens with two attached hydrogens (primary N) is 1. The molecule has 1 aliphatic rings. The van der Waals surface area contributed by atoms with Crippen molar-refractivity contribution in [1.82, 2.24) is 0 Å². The molecule has 0 spiro atoms. The highest BCUT2D eigenvalue weighted by Gasteiger charge is 2.34. The van der Waals surface area contributed by atoms with Crippen LogP contribution in [0.25, 0.3) is 0 Å². The summed E-state index contributed by atoms with van der Waals surface area (Å²) in [6.07, 6.45) is 8.19. The third kappa shape index (κ3) is 7.90. The summed E-state index contributed by atoms with van der Waals surface area (Å²) < 4.78 is 31.9. The van der Waals surface area contributed by atoms with E-state index in [2.05, 4.69) is 0 Å². The van der Waals surface area contributed by atoms with Crippen LogP contribution in [0.5, 0.6) is 0 Å². The molecule has 3 nitrogen and oxygen atoms in total. The van der Waals surface area contributed by atoms with Crippen LogP contribution in [-0.4, -0.2) is 30.3 Å². The third-order valence-corrected chi connectivity index (χ3v) is 4.02. The topological polar surface area (TPSA) is 55.5 Å². The van der Waals surface area contributed by atoms with Gasteiger partial charge in [0.2, 0.25) is 5.92 Å². The lowest BCUT2D eigenvalue weighted by atomic mass is 9.87. The highest BCUT2D eigenvalue weighted by Crippen LogP contribution is 2.36. The van der Waals surface area contributed by atoms with Crippen molar-refractivity contribution >= 4 is 0 Å². The van der Waals surface area contributed by atoms with Gasteiger partial charge in [-0.05, 0) is 44.2 Å². The highest BCUT2D eigenvalue weighted by molar-refractivity contribution is 5.07. The molecule has 0 aromatic heterocycles. The second-order valence-electron chi connectivity index (χ2n) is 5.99. The van der Waals surface area contributed by atoms with Crippen LogP contribution < -0.4 is 5.73 Å². The number of hydrogen-bond donors (Lipinski definition) is 2. The molecule has 0 aliphatic heterocycles. The number of halogens is 2. The Morgan fingerprint density at radius 3 is 2.68 bits per heavy atom. The minimum absolute atomic E-state index is 0.0227. The quantitative estimate of drug-likeness (QED) is 0.502. The summed E-state index contributed by atoms with van der Waals surface area (Å²) in [6.45, 7) is 2.99. The molecule has 0 heterocycles.